The Labute approximate surface area is 92.4 Å². The van der Waals surface area contributed by atoms with Crippen molar-refractivity contribution in [1.29, 1.82) is 0 Å². The lowest BCUT2D eigenvalue weighted by molar-refractivity contribution is 0.363. The van der Waals surface area contributed by atoms with Gasteiger partial charge in [-0.15, -0.1) is 0 Å². The molecule has 16 heavy (non-hydrogen) atoms. The second-order valence-electron chi connectivity index (χ2n) is 3.55. The topological polar surface area (TPSA) is 70.5 Å². The maximum absolute atomic E-state index is 5.81. The molecule has 0 bridgehead atoms. The van der Waals surface area contributed by atoms with Crippen molar-refractivity contribution in [2.45, 2.75) is 0 Å². The van der Waals surface area contributed by atoms with Crippen LogP contribution in [0.4, 0.5) is 11.4 Å². The van der Waals surface area contributed by atoms with Crippen molar-refractivity contribution in [2.75, 3.05) is 11.5 Å². The molecule has 0 radical (unpaired) electrons. The minimum absolute atomic E-state index is 0.485. The molecule has 4 nitrogen and oxygen atoms in total. The highest BCUT2D eigenvalue weighted by molar-refractivity contribution is 5.74. The summed E-state index contributed by atoms with van der Waals surface area (Å²) in [5.74, 6) is 2.26. The molecule has 80 valence electrons. The Kier molecular flexibility index (Phi) is 1.71. The van der Waals surface area contributed by atoms with Gasteiger partial charge in [0.05, 0.1) is 11.4 Å². The van der Waals surface area contributed by atoms with Crippen LogP contribution in [0.5, 0.6) is 23.0 Å². The number of anilines is 2. The number of benzene rings is 2. The summed E-state index contributed by atoms with van der Waals surface area (Å²) in [6.45, 7) is 0. The van der Waals surface area contributed by atoms with Crippen LogP contribution in [0.3, 0.4) is 0 Å². The van der Waals surface area contributed by atoms with E-state index in [4.69, 9.17) is 20.9 Å². The summed E-state index contributed by atoms with van der Waals surface area (Å²) >= 11 is 0. The molecule has 1 heterocycles. The first kappa shape index (κ1) is 8.91. The zero-order valence-electron chi connectivity index (χ0n) is 8.44. The minimum atomic E-state index is 0.485. The van der Waals surface area contributed by atoms with Crippen LogP contribution in [0.15, 0.2) is 36.4 Å². The Morgan fingerprint density at radius 1 is 0.688 bits per heavy atom. The molecule has 4 heteroatoms. The lowest BCUT2D eigenvalue weighted by atomic mass is 10.2. The van der Waals surface area contributed by atoms with Crippen molar-refractivity contribution in [3.05, 3.63) is 36.4 Å². The highest BCUT2D eigenvalue weighted by Crippen LogP contribution is 2.50. The van der Waals surface area contributed by atoms with E-state index in [1.165, 1.54) is 0 Å². The molecule has 0 aliphatic carbocycles. The summed E-state index contributed by atoms with van der Waals surface area (Å²) in [5.41, 5.74) is 12.6. The van der Waals surface area contributed by atoms with Gasteiger partial charge in [-0.1, -0.05) is 12.1 Å². The van der Waals surface area contributed by atoms with E-state index in [1.54, 1.807) is 12.1 Å². The maximum Gasteiger partial charge on any atom is 0.195 e. The van der Waals surface area contributed by atoms with Crippen LogP contribution >= 0.6 is 0 Å². The average molecular weight is 214 g/mol. The molecule has 1 aliphatic rings. The van der Waals surface area contributed by atoms with Crippen molar-refractivity contribution >= 4 is 11.4 Å². The Balaban J connectivity index is 2.19. The third-order valence-electron chi connectivity index (χ3n) is 2.45. The van der Waals surface area contributed by atoms with Gasteiger partial charge in [0.2, 0.25) is 0 Å². The van der Waals surface area contributed by atoms with Crippen molar-refractivity contribution in [3.8, 4) is 23.0 Å². The maximum atomic E-state index is 5.81. The van der Waals surface area contributed by atoms with Crippen LogP contribution < -0.4 is 20.9 Å². The zero-order valence-corrected chi connectivity index (χ0v) is 8.44. The van der Waals surface area contributed by atoms with Crippen molar-refractivity contribution in [2.24, 2.45) is 0 Å². The molecule has 0 amide bonds. The predicted octanol–water partition coefficient (Wildman–Crippen LogP) is 2.75. The van der Waals surface area contributed by atoms with Crippen LogP contribution in [0.1, 0.15) is 0 Å². The van der Waals surface area contributed by atoms with Gasteiger partial charge < -0.3 is 20.9 Å². The monoisotopic (exact) mass is 214 g/mol. The number of nitrogen functional groups attached to an aromatic ring is 2. The Morgan fingerprint density at radius 2 is 1.12 bits per heavy atom. The first-order valence-corrected chi connectivity index (χ1v) is 4.88. The van der Waals surface area contributed by atoms with Gasteiger partial charge in [-0.25, -0.2) is 0 Å². The van der Waals surface area contributed by atoms with E-state index in [9.17, 15) is 0 Å². The van der Waals surface area contributed by atoms with Crippen molar-refractivity contribution in [1.82, 2.24) is 0 Å². The van der Waals surface area contributed by atoms with E-state index < -0.39 is 0 Å². The van der Waals surface area contributed by atoms with Gasteiger partial charge in [0.1, 0.15) is 0 Å². The van der Waals surface area contributed by atoms with E-state index in [1.807, 2.05) is 24.3 Å². The lowest BCUT2D eigenvalue weighted by Gasteiger charge is -2.22. The van der Waals surface area contributed by atoms with Crippen LogP contribution in [-0.4, -0.2) is 0 Å². The van der Waals surface area contributed by atoms with E-state index >= 15 is 0 Å². The molecule has 2 aromatic carbocycles. The molecular weight excluding hydrogens is 204 g/mol. The molecule has 0 atom stereocenters. The van der Waals surface area contributed by atoms with E-state index in [0.29, 0.717) is 34.4 Å². The molecule has 0 saturated carbocycles. The van der Waals surface area contributed by atoms with Gasteiger partial charge in [-0.3, -0.25) is 0 Å². The molecule has 0 unspecified atom stereocenters. The zero-order chi connectivity index (χ0) is 11.1. The molecule has 0 saturated heterocycles. The number of hydrogen-bond donors (Lipinski definition) is 2. The fraction of sp³-hybridized carbons (Fsp3) is 0. The number of fused-ring (bicyclic) bond motifs is 2. The SMILES string of the molecule is Nc1ccc(N)c2c1Oc1ccccc1O2. The summed E-state index contributed by atoms with van der Waals surface area (Å²) in [6, 6.07) is 10.8. The van der Waals surface area contributed by atoms with Gasteiger partial charge in [0, 0.05) is 0 Å². The fourth-order valence-electron chi connectivity index (χ4n) is 1.64. The molecule has 1 aliphatic heterocycles. The summed E-state index contributed by atoms with van der Waals surface area (Å²) in [5, 5.41) is 0. The Morgan fingerprint density at radius 3 is 1.56 bits per heavy atom. The minimum Gasteiger partial charge on any atom is -0.447 e. The summed E-state index contributed by atoms with van der Waals surface area (Å²) in [6.07, 6.45) is 0. The predicted molar refractivity (Wildman–Crippen MR) is 61.9 cm³/mol. The molecule has 0 fully saturated rings. The highest BCUT2D eigenvalue weighted by atomic mass is 16.6. The van der Waals surface area contributed by atoms with Gasteiger partial charge in [0.25, 0.3) is 0 Å². The third kappa shape index (κ3) is 1.16. The van der Waals surface area contributed by atoms with Crippen LogP contribution in [0.2, 0.25) is 0 Å². The second-order valence-corrected chi connectivity index (χ2v) is 3.55. The third-order valence-corrected chi connectivity index (χ3v) is 2.45. The molecule has 3 rings (SSSR count). The Bertz CT molecular complexity index is 517. The largest absolute Gasteiger partial charge is 0.447 e. The number of para-hydroxylation sites is 2. The number of rotatable bonds is 0. The van der Waals surface area contributed by atoms with Crippen molar-refractivity contribution in [3.63, 3.8) is 0 Å². The first-order valence-electron chi connectivity index (χ1n) is 4.88. The van der Waals surface area contributed by atoms with Crippen molar-refractivity contribution < 1.29 is 9.47 Å². The first-order chi connectivity index (χ1) is 7.75. The lowest BCUT2D eigenvalue weighted by Crippen LogP contribution is -2.04. The molecule has 0 spiro atoms. The number of hydrogen-bond acceptors (Lipinski definition) is 4. The molecular formula is C12H10N2O2. The van der Waals surface area contributed by atoms with E-state index in [2.05, 4.69) is 0 Å². The van der Waals surface area contributed by atoms with Gasteiger partial charge in [0.15, 0.2) is 23.0 Å². The van der Waals surface area contributed by atoms with Gasteiger partial charge in [-0.05, 0) is 24.3 Å². The number of nitrogens with two attached hydrogens (primary N) is 2. The molecule has 0 aromatic heterocycles. The number of ether oxygens (including phenoxy) is 2. The fourth-order valence-corrected chi connectivity index (χ4v) is 1.64. The van der Waals surface area contributed by atoms with Crippen LogP contribution in [0, 0.1) is 0 Å². The summed E-state index contributed by atoms with van der Waals surface area (Å²) in [4.78, 5) is 0. The van der Waals surface area contributed by atoms with E-state index in [0.717, 1.165) is 0 Å². The quantitative estimate of drug-likeness (QED) is 0.564. The van der Waals surface area contributed by atoms with E-state index in [-0.39, 0.29) is 0 Å². The summed E-state index contributed by atoms with van der Waals surface area (Å²) in [7, 11) is 0. The average Bonchev–Trinajstić information content (AvgIpc) is 2.32. The van der Waals surface area contributed by atoms with Crippen LogP contribution in [-0.2, 0) is 0 Å². The standard InChI is InChI=1S/C12H10N2O2/c13-7-5-6-8(14)12-11(7)15-9-3-1-2-4-10(9)16-12/h1-6H,13-14H2. The second kappa shape index (κ2) is 3.06. The molecule has 2 aromatic rings. The molecule has 4 N–H and O–H groups in total. The Hall–Kier alpha value is -2.36. The summed E-state index contributed by atoms with van der Waals surface area (Å²) < 4.78 is 11.3. The highest BCUT2D eigenvalue weighted by Gasteiger charge is 2.22. The van der Waals surface area contributed by atoms with Crippen LogP contribution in [0.25, 0.3) is 0 Å². The van der Waals surface area contributed by atoms with Gasteiger partial charge >= 0.3 is 0 Å². The normalized spacial score (nSPS) is 12.0. The smallest absolute Gasteiger partial charge is 0.195 e. The van der Waals surface area contributed by atoms with Gasteiger partial charge in [-0.2, -0.15) is 0 Å².